The van der Waals surface area contributed by atoms with Crippen LogP contribution in [0.4, 0.5) is 0 Å². The molecule has 0 saturated heterocycles. The second-order valence-corrected chi connectivity index (χ2v) is 7.96. The third-order valence-corrected chi connectivity index (χ3v) is 3.96. The van der Waals surface area contributed by atoms with Gasteiger partial charge in [0.25, 0.3) is 0 Å². The largest absolute Gasteiger partial charge is 0.387 e. The summed E-state index contributed by atoms with van der Waals surface area (Å²) in [7, 11) is 0. The standard InChI is InChI=1S/C16H27NOS/c1-11(2)19-15-8-7-13(9-12(15)3)14(18)10-17-16(4,5)6/h7-9,11,14,17-18H,10H2,1-6H3. The van der Waals surface area contributed by atoms with E-state index in [-0.39, 0.29) is 5.54 Å². The summed E-state index contributed by atoms with van der Waals surface area (Å²) in [4.78, 5) is 1.30. The fourth-order valence-corrected chi connectivity index (χ4v) is 2.69. The zero-order chi connectivity index (χ0) is 14.6. The molecule has 1 aromatic carbocycles. The van der Waals surface area contributed by atoms with Crippen molar-refractivity contribution in [2.24, 2.45) is 0 Å². The first kappa shape index (κ1) is 16.5. The van der Waals surface area contributed by atoms with Crippen molar-refractivity contribution >= 4 is 11.8 Å². The highest BCUT2D eigenvalue weighted by atomic mass is 32.2. The minimum Gasteiger partial charge on any atom is -0.387 e. The van der Waals surface area contributed by atoms with Gasteiger partial charge in [-0.3, -0.25) is 0 Å². The van der Waals surface area contributed by atoms with Gasteiger partial charge in [0, 0.05) is 22.2 Å². The van der Waals surface area contributed by atoms with Crippen LogP contribution in [0.25, 0.3) is 0 Å². The summed E-state index contributed by atoms with van der Waals surface area (Å²) in [5.41, 5.74) is 2.26. The molecular formula is C16H27NOS. The summed E-state index contributed by atoms with van der Waals surface area (Å²) in [6.07, 6.45) is -0.448. The third-order valence-electron chi connectivity index (χ3n) is 2.77. The van der Waals surface area contributed by atoms with Crippen LogP contribution in [0.15, 0.2) is 23.1 Å². The molecule has 0 heterocycles. The molecule has 1 aromatic rings. The number of β-amino-alcohol motifs (C(OH)–C–C–N with tert-alkyl or cyclic N) is 1. The van der Waals surface area contributed by atoms with Gasteiger partial charge < -0.3 is 10.4 Å². The maximum Gasteiger partial charge on any atom is 0.0914 e. The lowest BCUT2D eigenvalue weighted by Crippen LogP contribution is -2.38. The Kier molecular flexibility index (Phi) is 5.90. The smallest absolute Gasteiger partial charge is 0.0914 e. The summed E-state index contributed by atoms with van der Waals surface area (Å²) in [5, 5.41) is 14.1. The summed E-state index contributed by atoms with van der Waals surface area (Å²) in [5.74, 6) is 0. The van der Waals surface area contributed by atoms with Gasteiger partial charge in [-0.05, 0) is 44.9 Å². The van der Waals surface area contributed by atoms with Gasteiger partial charge in [0.1, 0.15) is 0 Å². The van der Waals surface area contributed by atoms with Gasteiger partial charge >= 0.3 is 0 Å². The van der Waals surface area contributed by atoms with E-state index in [1.807, 2.05) is 17.8 Å². The molecule has 0 aliphatic rings. The topological polar surface area (TPSA) is 32.3 Å². The molecular weight excluding hydrogens is 254 g/mol. The van der Waals surface area contributed by atoms with Gasteiger partial charge in [-0.2, -0.15) is 0 Å². The lowest BCUT2D eigenvalue weighted by Gasteiger charge is -2.23. The van der Waals surface area contributed by atoms with Crippen LogP contribution in [0.3, 0.4) is 0 Å². The average molecular weight is 281 g/mol. The molecule has 0 aromatic heterocycles. The first-order valence-electron chi connectivity index (χ1n) is 6.89. The number of hydrogen-bond donors (Lipinski definition) is 2. The number of aliphatic hydroxyl groups is 1. The molecule has 0 amide bonds. The summed E-state index contributed by atoms with van der Waals surface area (Å²) in [6, 6.07) is 6.25. The lowest BCUT2D eigenvalue weighted by atomic mass is 10.0. The van der Waals surface area contributed by atoms with Crippen LogP contribution in [0.2, 0.25) is 0 Å². The van der Waals surface area contributed by atoms with Gasteiger partial charge in [0.2, 0.25) is 0 Å². The van der Waals surface area contributed by atoms with Gasteiger partial charge in [-0.15, -0.1) is 11.8 Å². The molecule has 0 fully saturated rings. The highest BCUT2D eigenvalue weighted by Gasteiger charge is 2.14. The van der Waals surface area contributed by atoms with Crippen LogP contribution in [-0.2, 0) is 0 Å². The zero-order valence-electron chi connectivity index (χ0n) is 12.9. The van der Waals surface area contributed by atoms with Crippen LogP contribution >= 0.6 is 11.8 Å². The van der Waals surface area contributed by atoms with E-state index in [0.29, 0.717) is 11.8 Å². The SMILES string of the molecule is Cc1cc(C(O)CNC(C)(C)C)ccc1SC(C)C. The maximum atomic E-state index is 10.2. The molecule has 1 rings (SSSR count). The Labute approximate surface area is 122 Å². The van der Waals surface area contributed by atoms with Crippen molar-refractivity contribution in [3.63, 3.8) is 0 Å². The number of nitrogens with one attached hydrogen (secondary N) is 1. The molecule has 2 nitrogen and oxygen atoms in total. The first-order chi connectivity index (χ1) is 8.69. The van der Waals surface area contributed by atoms with Crippen molar-refractivity contribution < 1.29 is 5.11 Å². The predicted molar refractivity (Wildman–Crippen MR) is 84.9 cm³/mol. The van der Waals surface area contributed by atoms with Gasteiger partial charge in [-0.25, -0.2) is 0 Å². The Morgan fingerprint density at radius 3 is 2.37 bits per heavy atom. The Morgan fingerprint density at radius 1 is 1.26 bits per heavy atom. The number of rotatable bonds is 5. The van der Waals surface area contributed by atoms with Crippen molar-refractivity contribution in [2.45, 2.75) is 63.3 Å². The maximum absolute atomic E-state index is 10.2. The molecule has 0 aliphatic heterocycles. The van der Waals surface area contributed by atoms with Crippen LogP contribution in [0.5, 0.6) is 0 Å². The van der Waals surface area contributed by atoms with E-state index in [2.05, 4.69) is 59.0 Å². The van der Waals surface area contributed by atoms with Crippen LogP contribution in [0.1, 0.15) is 51.8 Å². The Hall–Kier alpha value is -0.510. The number of benzene rings is 1. The second kappa shape index (κ2) is 6.78. The van der Waals surface area contributed by atoms with Crippen molar-refractivity contribution in [1.82, 2.24) is 5.32 Å². The molecule has 108 valence electrons. The van der Waals surface area contributed by atoms with Gasteiger partial charge in [0.05, 0.1) is 6.10 Å². The predicted octanol–water partition coefficient (Wildman–Crippen LogP) is 3.92. The number of hydrogen-bond acceptors (Lipinski definition) is 3. The van der Waals surface area contributed by atoms with E-state index in [0.717, 1.165) is 5.56 Å². The van der Waals surface area contributed by atoms with Crippen molar-refractivity contribution in [2.75, 3.05) is 6.54 Å². The average Bonchev–Trinajstić information content (AvgIpc) is 2.27. The van der Waals surface area contributed by atoms with Crippen LogP contribution < -0.4 is 5.32 Å². The highest BCUT2D eigenvalue weighted by Crippen LogP contribution is 2.28. The minimum atomic E-state index is -0.448. The third kappa shape index (κ3) is 5.98. The zero-order valence-corrected chi connectivity index (χ0v) is 13.8. The van der Waals surface area contributed by atoms with E-state index < -0.39 is 6.10 Å². The number of thioether (sulfide) groups is 1. The molecule has 1 unspecified atom stereocenters. The lowest BCUT2D eigenvalue weighted by molar-refractivity contribution is 0.163. The van der Waals surface area contributed by atoms with Crippen LogP contribution in [-0.4, -0.2) is 22.4 Å². The second-order valence-electron chi connectivity index (χ2n) is 6.34. The normalized spacial score (nSPS) is 13.9. The summed E-state index contributed by atoms with van der Waals surface area (Å²) < 4.78 is 0. The summed E-state index contributed by atoms with van der Waals surface area (Å²) >= 11 is 1.87. The van der Waals surface area contributed by atoms with Crippen LogP contribution in [0, 0.1) is 6.92 Å². The number of aryl methyl sites for hydroxylation is 1. The van der Waals surface area contributed by atoms with Gasteiger partial charge in [0.15, 0.2) is 0 Å². The first-order valence-corrected chi connectivity index (χ1v) is 7.77. The fraction of sp³-hybridized carbons (Fsp3) is 0.625. The molecule has 0 spiro atoms. The molecule has 3 heteroatoms. The fourth-order valence-electron chi connectivity index (χ4n) is 1.79. The Bertz CT molecular complexity index is 410. The monoisotopic (exact) mass is 281 g/mol. The molecule has 0 aliphatic carbocycles. The quantitative estimate of drug-likeness (QED) is 0.802. The van der Waals surface area contributed by atoms with Gasteiger partial charge in [-0.1, -0.05) is 26.0 Å². The van der Waals surface area contributed by atoms with E-state index in [9.17, 15) is 5.11 Å². The van der Waals surface area contributed by atoms with E-state index in [4.69, 9.17) is 0 Å². The highest BCUT2D eigenvalue weighted by molar-refractivity contribution is 8.00. The summed E-state index contributed by atoms with van der Waals surface area (Å²) in [6.45, 7) is 13.4. The molecule has 2 N–H and O–H groups in total. The minimum absolute atomic E-state index is 0.0312. The van der Waals surface area contributed by atoms with Crippen molar-refractivity contribution in [3.05, 3.63) is 29.3 Å². The Balaban J connectivity index is 2.71. The molecule has 0 saturated carbocycles. The van der Waals surface area contributed by atoms with Crippen molar-refractivity contribution in [3.8, 4) is 0 Å². The molecule has 19 heavy (non-hydrogen) atoms. The molecule has 0 radical (unpaired) electrons. The van der Waals surface area contributed by atoms with E-state index >= 15 is 0 Å². The Morgan fingerprint density at radius 2 is 1.89 bits per heavy atom. The van der Waals surface area contributed by atoms with Crippen molar-refractivity contribution in [1.29, 1.82) is 0 Å². The molecule has 1 atom stereocenters. The van der Waals surface area contributed by atoms with E-state index in [1.54, 1.807) is 0 Å². The van der Waals surface area contributed by atoms with E-state index in [1.165, 1.54) is 10.5 Å². The number of aliphatic hydroxyl groups excluding tert-OH is 1. The molecule has 0 bridgehead atoms.